The van der Waals surface area contributed by atoms with E-state index in [1.165, 1.54) is 5.56 Å². The summed E-state index contributed by atoms with van der Waals surface area (Å²) < 4.78 is 12.7. The van der Waals surface area contributed by atoms with E-state index in [2.05, 4.69) is 51.6 Å². The van der Waals surface area contributed by atoms with Crippen molar-refractivity contribution in [3.05, 3.63) is 65.0 Å². The zero-order valence-electron chi connectivity index (χ0n) is 20.0. The molecule has 2 N–H and O–H groups in total. The number of primary amides is 1. The molecule has 0 saturated carbocycles. The predicted molar refractivity (Wildman–Crippen MR) is 128 cm³/mol. The molecule has 0 radical (unpaired) electrons. The zero-order valence-corrected chi connectivity index (χ0v) is 20.0. The summed E-state index contributed by atoms with van der Waals surface area (Å²) in [5.74, 6) is 1.91. The van der Waals surface area contributed by atoms with Crippen molar-refractivity contribution >= 4 is 5.91 Å². The first-order valence-electron chi connectivity index (χ1n) is 11.6. The SMILES string of the molecule is COc1ccc(CCn2nnnc2[C@H](c2ccc(C)cc2)N2CCC(C(N)=O)CC2)cc1OC. The minimum absolute atomic E-state index is 0.0732. The lowest BCUT2D eigenvalue weighted by Crippen LogP contribution is -2.41. The second kappa shape index (κ2) is 10.6. The number of piperidine rings is 1. The molecule has 0 aliphatic carbocycles. The van der Waals surface area contributed by atoms with Crippen molar-refractivity contribution in [1.29, 1.82) is 0 Å². The summed E-state index contributed by atoms with van der Waals surface area (Å²) in [5.41, 5.74) is 8.99. The molecule has 0 unspecified atom stereocenters. The predicted octanol–water partition coefficient (Wildman–Crippen LogP) is 2.53. The molecule has 9 heteroatoms. The normalized spacial score (nSPS) is 15.7. The van der Waals surface area contributed by atoms with Gasteiger partial charge in [-0.05, 0) is 73.0 Å². The number of amides is 1. The Kier molecular flexibility index (Phi) is 7.42. The molecule has 1 aromatic heterocycles. The third kappa shape index (κ3) is 5.20. The van der Waals surface area contributed by atoms with E-state index < -0.39 is 0 Å². The Labute approximate surface area is 199 Å². The molecule has 0 bridgehead atoms. The summed E-state index contributed by atoms with van der Waals surface area (Å²) >= 11 is 0. The van der Waals surface area contributed by atoms with E-state index in [4.69, 9.17) is 15.2 Å². The highest BCUT2D eigenvalue weighted by Crippen LogP contribution is 2.32. The number of hydrogen-bond acceptors (Lipinski definition) is 7. The van der Waals surface area contributed by atoms with Crippen molar-refractivity contribution in [2.75, 3.05) is 27.3 Å². The van der Waals surface area contributed by atoms with Crippen LogP contribution in [0, 0.1) is 12.8 Å². The molecule has 1 aliphatic rings. The molecular weight excluding hydrogens is 432 g/mol. The average Bonchev–Trinajstić information content (AvgIpc) is 3.32. The first kappa shape index (κ1) is 23.7. The van der Waals surface area contributed by atoms with Gasteiger partial charge in [0.15, 0.2) is 17.3 Å². The molecule has 1 fully saturated rings. The van der Waals surface area contributed by atoms with E-state index in [1.807, 2.05) is 22.9 Å². The Morgan fingerprint density at radius 1 is 1.09 bits per heavy atom. The number of aromatic nitrogens is 4. The lowest BCUT2D eigenvalue weighted by molar-refractivity contribution is -0.123. The van der Waals surface area contributed by atoms with E-state index in [-0.39, 0.29) is 17.9 Å². The van der Waals surface area contributed by atoms with Gasteiger partial charge in [0.25, 0.3) is 0 Å². The number of methoxy groups -OCH3 is 2. The van der Waals surface area contributed by atoms with Crippen LogP contribution in [-0.4, -0.2) is 58.3 Å². The molecule has 0 spiro atoms. The molecule has 3 aromatic rings. The topological polar surface area (TPSA) is 108 Å². The monoisotopic (exact) mass is 464 g/mol. The summed E-state index contributed by atoms with van der Waals surface area (Å²) in [6.07, 6.45) is 2.22. The van der Waals surface area contributed by atoms with Crippen LogP contribution in [0.5, 0.6) is 11.5 Å². The second-order valence-electron chi connectivity index (χ2n) is 8.73. The lowest BCUT2D eigenvalue weighted by atomic mass is 9.93. The Morgan fingerprint density at radius 2 is 1.79 bits per heavy atom. The van der Waals surface area contributed by atoms with Gasteiger partial charge in [0.1, 0.15) is 0 Å². The molecule has 4 rings (SSSR count). The molecule has 2 heterocycles. The van der Waals surface area contributed by atoms with Crippen molar-refractivity contribution in [1.82, 2.24) is 25.1 Å². The third-order valence-corrected chi connectivity index (χ3v) is 6.55. The fourth-order valence-electron chi connectivity index (χ4n) is 4.55. The van der Waals surface area contributed by atoms with Gasteiger partial charge in [0.2, 0.25) is 5.91 Å². The van der Waals surface area contributed by atoms with Gasteiger partial charge in [-0.15, -0.1) is 5.10 Å². The van der Waals surface area contributed by atoms with Crippen molar-refractivity contribution in [3.8, 4) is 11.5 Å². The van der Waals surface area contributed by atoms with Gasteiger partial charge in [-0.2, -0.15) is 0 Å². The third-order valence-electron chi connectivity index (χ3n) is 6.55. The first-order chi connectivity index (χ1) is 16.5. The summed E-state index contributed by atoms with van der Waals surface area (Å²) in [7, 11) is 3.26. The fraction of sp³-hybridized carbons (Fsp3) is 0.440. The van der Waals surface area contributed by atoms with E-state index in [9.17, 15) is 4.79 Å². The minimum Gasteiger partial charge on any atom is -0.493 e. The van der Waals surface area contributed by atoms with Gasteiger partial charge < -0.3 is 15.2 Å². The molecule has 2 aromatic carbocycles. The van der Waals surface area contributed by atoms with Crippen LogP contribution in [0.4, 0.5) is 0 Å². The van der Waals surface area contributed by atoms with E-state index >= 15 is 0 Å². The van der Waals surface area contributed by atoms with Crippen molar-refractivity contribution in [3.63, 3.8) is 0 Å². The number of carbonyl (C=O) groups is 1. The van der Waals surface area contributed by atoms with Gasteiger partial charge in [-0.25, -0.2) is 4.68 Å². The maximum absolute atomic E-state index is 11.7. The fourth-order valence-corrected chi connectivity index (χ4v) is 4.55. The molecule has 1 amide bonds. The molecule has 1 aliphatic heterocycles. The maximum atomic E-state index is 11.7. The number of nitrogens with two attached hydrogens (primary N) is 1. The van der Waals surface area contributed by atoms with Crippen LogP contribution in [0.3, 0.4) is 0 Å². The van der Waals surface area contributed by atoms with Crippen LogP contribution in [-0.2, 0) is 17.8 Å². The van der Waals surface area contributed by atoms with Crippen LogP contribution in [0.2, 0.25) is 0 Å². The number of tetrazole rings is 1. The Bertz CT molecular complexity index is 1110. The van der Waals surface area contributed by atoms with Crippen LogP contribution < -0.4 is 15.2 Å². The van der Waals surface area contributed by atoms with Gasteiger partial charge >= 0.3 is 0 Å². The first-order valence-corrected chi connectivity index (χ1v) is 11.6. The highest BCUT2D eigenvalue weighted by atomic mass is 16.5. The number of carbonyl (C=O) groups excluding carboxylic acids is 1. The van der Waals surface area contributed by atoms with E-state index in [0.717, 1.165) is 49.3 Å². The summed E-state index contributed by atoms with van der Waals surface area (Å²) in [4.78, 5) is 14.0. The molecular formula is C25H32N6O3. The summed E-state index contributed by atoms with van der Waals surface area (Å²) in [6, 6.07) is 14.3. The number of rotatable bonds is 9. The highest BCUT2D eigenvalue weighted by molar-refractivity contribution is 5.76. The molecule has 1 atom stereocenters. The number of benzene rings is 2. The highest BCUT2D eigenvalue weighted by Gasteiger charge is 2.32. The largest absolute Gasteiger partial charge is 0.493 e. The zero-order chi connectivity index (χ0) is 24.1. The molecule has 34 heavy (non-hydrogen) atoms. The average molecular weight is 465 g/mol. The van der Waals surface area contributed by atoms with Gasteiger partial charge in [-0.1, -0.05) is 35.9 Å². The Balaban J connectivity index is 1.58. The van der Waals surface area contributed by atoms with Crippen molar-refractivity contribution in [2.45, 2.75) is 38.8 Å². The maximum Gasteiger partial charge on any atom is 0.220 e. The summed E-state index contributed by atoms with van der Waals surface area (Å²) in [5, 5.41) is 12.8. The second-order valence-corrected chi connectivity index (χ2v) is 8.73. The number of ether oxygens (including phenoxy) is 2. The van der Waals surface area contributed by atoms with Crippen molar-refractivity contribution < 1.29 is 14.3 Å². The van der Waals surface area contributed by atoms with Crippen molar-refractivity contribution in [2.24, 2.45) is 11.7 Å². The van der Waals surface area contributed by atoms with Gasteiger partial charge in [0, 0.05) is 12.5 Å². The molecule has 9 nitrogen and oxygen atoms in total. The van der Waals surface area contributed by atoms with Crippen LogP contribution in [0.15, 0.2) is 42.5 Å². The Morgan fingerprint density at radius 3 is 2.44 bits per heavy atom. The van der Waals surface area contributed by atoms with Crippen LogP contribution in [0.25, 0.3) is 0 Å². The smallest absolute Gasteiger partial charge is 0.220 e. The van der Waals surface area contributed by atoms with E-state index in [1.54, 1.807) is 14.2 Å². The number of likely N-dealkylation sites (tertiary alicyclic amines) is 1. The lowest BCUT2D eigenvalue weighted by Gasteiger charge is -2.36. The molecule has 180 valence electrons. The molecule has 1 saturated heterocycles. The minimum atomic E-state index is -0.216. The Hall–Kier alpha value is -3.46. The number of hydrogen-bond donors (Lipinski definition) is 1. The number of nitrogens with zero attached hydrogens (tertiary/aromatic N) is 5. The standard InChI is InChI=1S/C25H32N6O3/c1-17-4-7-19(8-5-17)23(30-13-11-20(12-14-30)24(26)32)25-27-28-29-31(25)15-10-18-6-9-21(33-2)22(16-18)34-3/h4-9,16,20,23H,10-15H2,1-3H3,(H2,26,32)/t23-/m0/s1. The van der Waals surface area contributed by atoms with E-state index in [0.29, 0.717) is 18.0 Å². The van der Waals surface area contributed by atoms with Crippen LogP contribution >= 0.6 is 0 Å². The number of aryl methyl sites for hydroxylation is 3. The van der Waals surface area contributed by atoms with Gasteiger partial charge in [-0.3, -0.25) is 9.69 Å². The van der Waals surface area contributed by atoms with Crippen LogP contribution in [0.1, 0.15) is 41.4 Å². The quantitative estimate of drug-likeness (QED) is 0.518. The van der Waals surface area contributed by atoms with Gasteiger partial charge in [0.05, 0.1) is 20.3 Å². The summed E-state index contributed by atoms with van der Waals surface area (Å²) in [6.45, 7) is 4.21.